The van der Waals surface area contributed by atoms with Crippen LogP contribution in [-0.2, 0) is 5.41 Å². The summed E-state index contributed by atoms with van der Waals surface area (Å²) in [6, 6.07) is -1.41. The Balaban J connectivity index is 1.92. The van der Waals surface area contributed by atoms with E-state index in [1.807, 2.05) is 20.8 Å². The van der Waals surface area contributed by atoms with Crippen molar-refractivity contribution in [3.05, 3.63) is 28.6 Å². The lowest BCUT2D eigenvalue weighted by Crippen LogP contribution is -2.12. The average molecular weight is 422 g/mol. The van der Waals surface area contributed by atoms with Gasteiger partial charge in [0, 0.05) is 5.41 Å². The lowest BCUT2D eigenvalue weighted by molar-refractivity contribution is 0.379. The molecule has 3 N–H and O–H groups in total. The molecule has 0 bridgehead atoms. The number of aromatic nitrogens is 9. The molecule has 31 heavy (non-hydrogen) atoms. The summed E-state index contributed by atoms with van der Waals surface area (Å²) in [4.78, 5) is 17.4. The maximum absolute atomic E-state index is 9.61. The normalized spacial score (nSPS) is 12.1. The van der Waals surface area contributed by atoms with Gasteiger partial charge in [-0.1, -0.05) is 20.8 Å². The standard InChI is InChI=1S/C17H18N12O2/c1-7-9(18-6)13(28(25-7)14-20-15(30)22-16(31)21-14)24-23-10-11(17(3,4)5)27-29-12(10)19-8(2)26-29/h1-5H3,(H,19,26)(H2,20,21,22,30,31)/b24-23+. The highest BCUT2D eigenvalue weighted by Gasteiger charge is 2.27. The molecule has 0 spiro atoms. The van der Waals surface area contributed by atoms with Crippen LogP contribution < -0.4 is 0 Å². The maximum Gasteiger partial charge on any atom is 0.321 e. The molecule has 0 aliphatic heterocycles. The lowest BCUT2D eigenvalue weighted by atomic mass is 9.91. The summed E-state index contributed by atoms with van der Waals surface area (Å²) in [6.07, 6.45) is 0. The number of aryl methyl sites for hydroxylation is 2. The van der Waals surface area contributed by atoms with Crippen LogP contribution in [-0.4, -0.2) is 54.8 Å². The molecular formula is C17H18N12O2. The number of hydrogen-bond donors (Lipinski definition) is 3. The van der Waals surface area contributed by atoms with E-state index >= 15 is 0 Å². The topological polar surface area (TPSA) is 172 Å². The third-order valence-corrected chi connectivity index (χ3v) is 4.25. The van der Waals surface area contributed by atoms with Gasteiger partial charge in [-0.2, -0.15) is 24.8 Å². The van der Waals surface area contributed by atoms with Gasteiger partial charge in [0.2, 0.25) is 0 Å². The minimum atomic E-state index is -0.704. The molecule has 4 aromatic rings. The first-order chi connectivity index (χ1) is 14.6. The summed E-state index contributed by atoms with van der Waals surface area (Å²) >= 11 is 0. The van der Waals surface area contributed by atoms with Gasteiger partial charge in [-0.3, -0.25) is 0 Å². The maximum atomic E-state index is 9.61. The highest BCUT2D eigenvalue weighted by molar-refractivity contribution is 5.70. The van der Waals surface area contributed by atoms with Crippen molar-refractivity contribution in [1.29, 1.82) is 0 Å². The lowest BCUT2D eigenvalue weighted by Gasteiger charge is -2.15. The van der Waals surface area contributed by atoms with Gasteiger partial charge in [0.25, 0.3) is 11.6 Å². The second-order valence-electron chi connectivity index (χ2n) is 7.71. The highest BCUT2D eigenvalue weighted by Crippen LogP contribution is 2.38. The molecule has 0 amide bonds. The molecule has 0 atom stereocenters. The van der Waals surface area contributed by atoms with Gasteiger partial charge in [0.05, 0.1) is 18.0 Å². The number of H-pyrrole nitrogens is 1. The summed E-state index contributed by atoms with van der Waals surface area (Å²) in [7, 11) is 0. The largest absolute Gasteiger partial charge is 0.479 e. The molecule has 4 heterocycles. The van der Waals surface area contributed by atoms with Crippen molar-refractivity contribution in [2.45, 2.75) is 40.0 Å². The van der Waals surface area contributed by atoms with E-state index < -0.39 is 12.0 Å². The molecule has 158 valence electrons. The molecule has 4 aromatic heterocycles. The highest BCUT2D eigenvalue weighted by atomic mass is 16.3. The van der Waals surface area contributed by atoms with Crippen LogP contribution in [0.4, 0.5) is 17.2 Å². The minimum absolute atomic E-state index is 0.0212. The molecule has 14 heteroatoms. The van der Waals surface area contributed by atoms with Crippen LogP contribution in [0.3, 0.4) is 0 Å². The van der Waals surface area contributed by atoms with Crippen molar-refractivity contribution in [2.75, 3.05) is 0 Å². The zero-order valence-corrected chi connectivity index (χ0v) is 17.3. The quantitative estimate of drug-likeness (QED) is 0.334. The SMILES string of the molecule is [C-]#[N+]c1c(C)nn(-c2nc(O)nc(O)n2)c1/N=N/c1c(C(C)(C)C)nn2nc(C)[nH]c12. The van der Waals surface area contributed by atoms with Gasteiger partial charge in [-0.05, 0) is 13.8 Å². The van der Waals surface area contributed by atoms with Crippen LogP contribution >= 0.6 is 0 Å². The van der Waals surface area contributed by atoms with Gasteiger partial charge >= 0.3 is 12.0 Å². The molecular weight excluding hydrogens is 404 g/mol. The number of hydrogen-bond acceptors (Lipinski definition) is 10. The third-order valence-electron chi connectivity index (χ3n) is 4.25. The Labute approximate surface area is 175 Å². The van der Waals surface area contributed by atoms with E-state index in [4.69, 9.17) is 6.57 Å². The Morgan fingerprint density at radius 1 is 1.00 bits per heavy atom. The summed E-state index contributed by atoms with van der Waals surface area (Å²) in [5, 5.41) is 40.8. The molecule has 0 aromatic carbocycles. The Bertz CT molecular complexity index is 1360. The molecule has 0 unspecified atom stereocenters. The monoisotopic (exact) mass is 422 g/mol. The molecule has 0 aliphatic carbocycles. The van der Waals surface area contributed by atoms with Gasteiger partial charge < -0.3 is 15.2 Å². The molecule has 0 saturated carbocycles. The molecule has 0 radical (unpaired) electrons. The number of fused-ring (bicyclic) bond motifs is 1. The van der Waals surface area contributed by atoms with E-state index in [-0.39, 0.29) is 22.9 Å². The first-order valence-corrected chi connectivity index (χ1v) is 9.07. The van der Waals surface area contributed by atoms with Crippen molar-refractivity contribution >= 4 is 22.8 Å². The van der Waals surface area contributed by atoms with E-state index in [9.17, 15) is 10.2 Å². The van der Waals surface area contributed by atoms with Crippen LogP contribution in [0.1, 0.15) is 38.0 Å². The molecule has 0 saturated heterocycles. The fourth-order valence-corrected chi connectivity index (χ4v) is 2.92. The first-order valence-electron chi connectivity index (χ1n) is 9.07. The van der Waals surface area contributed by atoms with E-state index in [1.165, 1.54) is 4.63 Å². The van der Waals surface area contributed by atoms with Crippen molar-refractivity contribution in [3.63, 3.8) is 0 Å². The van der Waals surface area contributed by atoms with E-state index in [0.717, 1.165) is 4.68 Å². The second kappa shape index (κ2) is 6.83. The number of rotatable bonds is 3. The van der Waals surface area contributed by atoms with E-state index in [1.54, 1.807) is 13.8 Å². The predicted octanol–water partition coefficient (Wildman–Crippen LogP) is 2.72. The Kier molecular flexibility index (Phi) is 4.38. The van der Waals surface area contributed by atoms with Crippen molar-refractivity contribution in [3.8, 4) is 18.0 Å². The number of nitrogens with one attached hydrogen (secondary N) is 1. The Morgan fingerprint density at radius 2 is 1.68 bits per heavy atom. The number of aromatic amines is 1. The molecule has 4 rings (SSSR count). The summed E-state index contributed by atoms with van der Waals surface area (Å²) in [5.74, 6) is 0.455. The second-order valence-corrected chi connectivity index (χ2v) is 7.71. The molecule has 0 fully saturated rings. The van der Waals surface area contributed by atoms with Gasteiger partial charge in [0.1, 0.15) is 5.82 Å². The van der Waals surface area contributed by atoms with Crippen LogP contribution in [0.2, 0.25) is 0 Å². The fourth-order valence-electron chi connectivity index (χ4n) is 2.92. The number of nitrogens with zero attached hydrogens (tertiary/aromatic N) is 11. The smallest absolute Gasteiger partial charge is 0.321 e. The summed E-state index contributed by atoms with van der Waals surface area (Å²) in [5.41, 5.74) is 1.75. The fraction of sp³-hybridized carbons (Fsp3) is 0.353. The summed E-state index contributed by atoms with van der Waals surface area (Å²) < 4.78 is 2.55. The van der Waals surface area contributed by atoms with Gasteiger partial charge in [-0.25, -0.2) is 4.85 Å². The van der Waals surface area contributed by atoms with E-state index in [0.29, 0.717) is 28.5 Å². The van der Waals surface area contributed by atoms with Crippen LogP contribution in [0.15, 0.2) is 10.2 Å². The Hall–Kier alpha value is -4.41. The zero-order valence-electron chi connectivity index (χ0n) is 17.3. The average Bonchev–Trinajstić information content (AvgIpc) is 3.28. The van der Waals surface area contributed by atoms with Crippen molar-refractivity contribution < 1.29 is 10.2 Å². The van der Waals surface area contributed by atoms with Gasteiger partial charge in [0.15, 0.2) is 17.2 Å². The van der Waals surface area contributed by atoms with Crippen molar-refractivity contribution in [1.82, 2.24) is 44.5 Å². The third kappa shape index (κ3) is 3.41. The number of azo groups is 1. The summed E-state index contributed by atoms with van der Waals surface area (Å²) in [6.45, 7) is 16.9. The number of aromatic hydroxyl groups is 2. The van der Waals surface area contributed by atoms with Crippen LogP contribution in [0, 0.1) is 20.4 Å². The first kappa shape index (κ1) is 19.9. The minimum Gasteiger partial charge on any atom is -0.479 e. The van der Waals surface area contributed by atoms with E-state index in [2.05, 4.69) is 50.3 Å². The predicted molar refractivity (Wildman–Crippen MR) is 106 cm³/mol. The van der Waals surface area contributed by atoms with Crippen molar-refractivity contribution in [2.24, 2.45) is 10.2 Å². The molecule has 14 nitrogen and oxygen atoms in total. The van der Waals surface area contributed by atoms with Crippen LogP contribution in [0.25, 0.3) is 16.4 Å². The zero-order chi connectivity index (χ0) is 22.5. The van der Waals surface area contributed by atoms with Crippen LogP contribution in [0.5, 0.6) is 12.0 Å². The van der Waals surface area contributed by atoms with Gasteiger partial charge in [-0.15, -0.1) is 24.9 Å². The molecule has 0 aliphatic rings. The Morgan fingerprint density at radius 3 is 2.29 bits per heavy atom.